The van der Waals surface area contributed by atoms with Crippen LogP contribution in [0.15, 0.2) is 29.1 Å². The topological polar surface area (TPSA) is 47.6 Å². The standard InChI is InChI=1S/C7H8N2O/c8-6-1-2-7-5(3-6)4-9-10-7/h1-5,7H,8H2. The third-order valence-corrected chi connectivity index (χ3v) is 1.66. The van der Waals surface area contributed by atoms with E-state index in [2.05, 4.69) is 5.16 Å². The van der Waals surface area contributed by atoms with Crippen LogP contribution in [0, 0.1) is 5.92 Å². The van der Waals surface area contributed by atoms with Gasteiger partial charge in [0.25, 0.3) is 0 Å². The lowest BCUT2D eigenvalue weighted by Crippen LogP contribution is -2.18. The highest BCUT2D eigenvalue weighted by Gasteiger charge is 2.24. The minimum atomic E-state index is 0.0901. The minimum absolute atomic E-state index is 0.0901. The van der Waals surface area contributed by atoms with E-state index in [0.29, 0.717) is 0 Å². The van der Waals surface area contributed by atoms with Crippen molar-refractivity contribution in [2.45, 2.75) is 6.10 Å². The molecule has 2 rings (SSSR count). The quantitative estimate of drug-likeness (QED) is 0.524. The van der Waals surface area contributed by atoms with Crippen LogP contribution in [0.4, 0.5) is 0 Å². The van der Waals surface area contributed by atoms with Crippen LogP contribution in [-0.4, -0.2) is 12.3 Å². The summed E-state index contributed by atoms with van der Waals surface area (Å²) < 4.78 is 0. The molecule has 0 radical (unpaired) electrons. The minimum Gasteiger partial charge on any atom is -0.399 e. The first-order chi connectivity index (χ1) is 4.86. The molecule has 1 heterocycles. The lowest BCUT2D eigenvalue weighted by Gasteiger charge is -2.12. The van der Waals surface area contributed by atoms with Crippen molar-refractivity contribution in [2.75, 3.05) is 0 Å². The van der Waals surface area contributed by atoms with E-state index in [0.717, 1.165) is 5.70 Å². The van der Waals surface area contributed by atoms with Gasteiger partial charge in [-0.15, -0.1) is 0 Å². The average molecular weight is 136 g/mol. The van der Waals surface area contributed by atoms with Crippen LogP contribution in [0.1, 0.15) is 0 Å². The first kappa shape index (κ1) is 5.53. The summed E-state index contributed by atoms with van der Waals surface area (Å²) in [5, 5.41) is 3.69. The monoisotopic (exact) mass is 136 g/mol. The fourth-order valence-electron chi connectivity index (χ4n) is 1.12. The van der Waals surface area contributed by atoms with Gasteiger partial charge in [0.1, 0.15) is 0 Å². The van der Waals surface area contributed by atoms with Crippen LogP contribution in [0.25, 0.3) is 0 Å². The Morgan fingerprint density at radius 3 is 3.40 bits per heavy atom. The predicted octanol–water partition coefficient (Wildman–Crippen LogP) is 0.400. The van der Waals surface area contributed by atoms with Gasteiger partial charge in [0.15, 0.2) is 6.10 Å². The molecule has 2 N–H and O–H groups in total. The number of hydrogen-bond acceptors (Lipinski definition) is 3. The first-order valence-corrected chi connectivity index (χ1v) is 3.21. The number of nitrogens with zero attached hydrogens (tertiary/aromatic N) is 1. The second-order valence-corrected chi connectivity index (χ2v) is 2.43. The lowest BCUT2D eigenvalue weighted by atomic mass is 9.98. The molecule has 2 aliphatic rings. The maximum atomic E-state index is 5.55. The number of nitrogens with two attached hydrogens (primary N) is 1. The van der Waals surface area contributed by atoms with E-state index < -0.39 is 0 Å². The molecule has 0 aromatic rings. The Balaban J connectivity index is 2.26. The molecule has 10 heavy (non-hydrogen) atoms. The van der Waals surface area contributed by atoms with Gasteiger partial charge in [-0.3, -0.25) is 0 Å². The van der Waals surface area contributed by atoms with Gasteiger partial charge in [-0.1, -0.05) is 5.16 Å². The summed E-state index contributed by atoms with van der Waals surface area (Å²) in [4.78, 5) is 4.99. The SMILES string of the molecule is NC1=CC2C=NOC2C=C1. The smallest absolute Gasteiger partial charge is 0.157 e. The number of hydrogen-bond donors (Lipinski definition) is 1. The van der Waals surface area contributed by atoms with E-state index in [4.69, 9.17) is 10.6 Å². The Morgan fingerprint density at radius 2 is 2.50 bits per heavy atom. The zero-order chi connectivity index (χ0) is 6.97. The summed E-state index contributed by atoms with van der Waals surface area (Å²) in [6.07, 6.45) is 7.57. The van der Waals surface area contributed by atoms with E-state index in [-0.39, 0.29) is 12.0 Å². The fourth-order valence-corrected chi connectivity index (χ4v) is 1.12. The Bertz CT molecular complexity index is 230. The highest BCUT2D eigenvalue weighted by atomic mass is 16.6. The van der Waals surface area contributed by atoms with Gasteiger partial charge in [0.05, 0.1) is 12.1 Å². The van der Waals surface area contributed by atoms with Crippen molar-refractivity contribution < 1.29 is 4.84 Å². The van der Waals surface area contributed by atoms with Crippen molar-refractivity contribution in [3.05, 3.63) is 23.9 Å². The Kier molecular flexibility index (Phi) is 1.03. The van der Waals surface area contributed by atoms with Gasteiger partial charge in [-0.2, -0.15) is 0 Å². The number of allylic oxidation sites excluding steroid dienone is 1. The van der Waals surface area contributed by atoms with Crippen molar-refractivity contribution in [1.29, 1.82) is 0 Å². The second kappa shape index (κ2) is 1.87. The molecule has 0 spiro atoms. The van der Waals surface area contributed by atoms with Gasteiger partial charge >= 0.3 is 0 Å². The van der Waals surface area contributed by atoms with Crippen LogP contribution in [0.3, 0.4) is 0 Å². The zero-order valence-corrected chi connectivity index (χ0v) is 5.40. The zero-order valence-electron chi connectivity index (χ0n) is 5.40. The molecule has 3 nitrogen and oxygen atoms in total. The highest BCUT2D eigenvalue weighted by Crippen LogP contribution is 2.20. The van der Waals surface area contributed by atoms with Gasteiger partial charge in [-0.05, 0) is 18.2 Å². The van der Waals surface area contributed by atoms with Gasteiger partial charge in [0, 0.05) is 5.70 Å². The third kappa shape index (κ3) is 0.708. The second-order valence-electron chi connectivity index (χ2n) is 2.43. The van der Waals surface area contributed by atoms with Crippen LogP contribution >= 0.6 is 0 Å². The Morgan fingerprint density at radius 1 is 1.60 bits per heavy atom. The van der Waals surface area contributed by atoms with Crippen molar-refractivity contribution in [3.8, 4) is 0 Å². The van der Waals surface area contributed by atoms with Crippen molar-refractivity contribution in [3.63, 3.8) is 0 Å². The molecule has 0 fully saturated rings. The van der Waals surface area contributed by atoms with Gasteiger partial charge in [-0.25, -0.2) is 0 Å². The van der Waals surface area contributed by atoms with Gasteiger partial charge < -0.3 is 10.6 Å². The molecular weight excluding hydrogens is 128 g/mol. The van der Waals surface area contributed by atoms with Crippen LogP contribution in [0.2, 0.25) is 0 Å². The number of rotatable bonds is 0. The van der Waals surface area contributed by atoms with E-state index in [1.807, 2.05) is 18.2 Å². The summed E-state index contributed by atoms with van der Waals surface area (Å²) in [6.45, 7) is 0. The molecular formula is C7H8N2O. The molecule has 0 aromatic carbocycles. The summed E-state index contributed by atoms with van der Waals surface area (Å²) in [5.41, 5.74) is 6.34. The average Bonchev–Trinajstić information content (AvgIpc) is 2.33. The van der Waals surface area contributed by atoms with Crippen LogP contribution in [-0.2, 0) is 4.84 Å². The van der Waals surface area contributed by atoms with Crippen molar-refractivity contribution in [1.82, 2.24) is 0 Å². The molecule has 0 saturated heterocycles. The first-order valence-electron chi connectivity index (χ1n) is 3.21. The maximum absolute atomic E-state index is 5.55. The maximum Gasteiger partial charge on any atom is 0.157 e. The highest BCUT2D eigenvalue weighted by molar-refractivity contribution is 5.67. The molecule has 0 aromatic heterocycles. The van der Waals surface area contributed by atoms with Gasteiger partial charge in [0.2, 0.25) is 0 Å². The fraction of sp³-hybridized carbons (Fsp3) is 0.286. The van der Waals surface area contributed by atoms with Crippen LogP contribution in [0.5, 0.6) is 0 Å². The molecule has 1 aliphatic heterocycles. The number of fused-ring (bicyclic) bond motifs is 1. The van der Waals surface area contributed by atoms with Crippen molar-refractivity contribution in [2.24, 2.45) is 16.8 Å². The summed E-state index contributed by atoms with van der Waals surface area (Å²) in [5.74, 6) is 0.255. The van der Waals surface area contributed by atoms with E-state index >= 15 is 0 Å². The Hall–Kier alpha value is -1.25. The normalized spacial score (nSPS) is 35.0. The van der Waals surface area contributed by atoms with E-state index in [9.17, 15) is 0 Å². The predicted molar refractivity (Wildman–Crippen MR) is 38.3 cm³/mol. The molecule has 0 bridgehead atoms. The molecule has 0 saturated carbocycles. The summed E-state index contributed by atoms with van der Waals surface area (Å²) in [7, 11) is 0. The largest absolute Gasteiger partial charge is 0.399 e. The summed E-state index contributed by atoms with van der Waals surface area (Å²) >= 11 is 0. The third-order valence-electron chi connectivity index (χ3n) is 1.66. The molecule has 52 valence electrons. The molecule has 1 aliphatic carbocycles. The molecule has 3 heteroatoms. The Labute approximate surface area is 58.8 Å². The molecule has 2 atom stereocenters. The van der Waals surface area contributed by atoms with E-state index in [1.54, 1.807) is 6.21 Å². The molecule has 0 amide bonds. The summed E-state index contributed by atoms with van der Waals surface area (Å²) in [6, 6.07) is 0. The lowest BCUT2D eigenvalue weighted by molar-refractivity contribution is 0.105. The molecule has 2 unspecified atom stereocenters. The van der Waals surface area contributed by atoms with Crippen molar-refractivity contribution >= 4 is 6.21 Å². The van der Waals surface area contributed by atoms with Crippen LogP contribution < -0.4 is 5.73 Å². The van der Waals surface area contributed by atoms with E-state index in [1.165, 1.54) is 0 Å². The number of oxime groups is 1.